The molecule has 0 unspecified atom stereocenters. The van der Waals surface area contributed by atoms with E-state index in [9.17, 15) is 14.9 Å². The van der Waals surface area contributed by atoms with E-state index in [0.717, 1.165) is 12.3 Å². The third-order valence-electron chi connectivity index (χ3n) is 1.22. The van der Waals surface area contributed by atoms with Crippen LogP contribution < -0.4 is 0 Å². The average Bonchev–Trinajstić information content (AvgIpc) is 2.15. The van der Waals surface area contributed by atoms with Gasteiger partial charge in [-0.25, -0.2) is 4.79 Å². The maximum Gasteiger partial charge on any atom is 0.449 e. The molecular weight excluding hydrogens is 194 g/mol. The average molecular weight is 199 g/mol. The molecule has 74 valence electrons. The second-order valence-electron chi connectivity index (χ2n) is 2.23. The number of amides is 1. The van der Waals surface area contributed by atoms with Gasteiger partial charge in [-0.2, -0.15) is 0 Å². The molecule has 0 aromatic rings. The molecule has 0 bridgehead atoms. The van der Waals surface area contributed by atoms with Gasteiger partial charge in [0.2, 0.25) is 0 Å². The Morgan fingerprint density at radius 3 is 3.00 bits per heavy atom. The van der Waals surface area contributed by atoms with Gasteiger partial charge in [0.1, 0.15) is 12.3 Å². The van der Waals surface area contributed by atoms with E-state index in [4.69, 9.17) is 5.11 Å². The summed E-state index contributed by atoms with van der Waals surface area (Å²) in [5.41, 5.74) is -0.211. The number of nitrogens with zero attached hydrogens (tertiary/aromatic N) is 3. The molecule has 1 N–H and O–H groups in total. The maximum absolute atomic E-state index is 10.3. The molecule has 1 amide bonds. The van der Waals surface area contributed by atoms with Crippen molar-refractivity contribution in [3.8, 4) is 0 Å². The van der Waals surface area contributed by atoms with E-state index < -0.39 is 11.0 Å². The molecule has 0 saturated heterocycles. The summed E-state index contributed by atoms with van der Waals surface area (Å²) >= 11 is 0. The number of hydrogen-bond donors (Lipinski definition) is 1. The molecule has 1 aliphatic rings. The topological polar surface area (TPSA) is 114 Å². The minimum absolute atomic E-state index is 0.0336. The van der Waals surface area contributed by atoms with Crippen molar-refractivity contribution in [2.24, 2.45) is 10.2 Å². The summed E-state index contributed by atoms with van der Waals surface area (Å²) in [4.78, 5) is 19.6. The zero-order valence-corrected chi connectivity index (χ0v) is 6.78. The number of carbonyl (C=O) groups is 1. The second kappa shape index (κ2) is 4.12. The van der Waals surface area contributed by atoms with Crippen LogP contribution in [0.1, 0.15) is 0 Å². The Bertz CT molecular complexity index is 356. The highest BCUT2D eigenvalue weighted by Gasteiger charge is 2.14. The van der Waals surface area contributed by atoms with E-state index in [1.165, 1.54) is 0 Å². The molecule has 0 spiro atoms. The van der Waals surface area contributed by atoms with Crippen molar-refractivity contribution >= 4 is 6.09 Å². The number of azo groups is 1. The van der Waals surface area contributed by atoms with Crippen molar-refractivity contribution in [2.75, 3.05) is 6.61 Å². The minimum Gasteiger partial charge on any atom is -0.488 e. The van der Waals surface area contributed by atoms with E-state index in [1.807, 2.05) is 0 Å². The minimum atomic E-state index is -1.47. The van der Waals surface area contributed by atoms with Gasteiger partial charge in [-0.1, -0.05) is 5.11 Å². The van der Waals surface area contributed by atoms with Crippen LogP contribution in [0.2, 0.25) is 0 Å². The summed E-state index contributed by atoms with van der Waals surface area (Å²) in [7, 11) is 0. The van der Waals surface area contributed by atoms with Crippen molar-refractivity contribution in [3.63, 3.8) is 0 Å². The van der Waals surface area contributed by atoms with Crippen LogP contribution >= 0.6 is 0 Å². The number of carboxylic acid groups (broad SMARTS) is 1. The summed E-state index contributed by atoms with van der Waals surface area (Å²) in [6, 6.07) is 0. The Balaban J connectivity index is 2.77. The number of ether oxygens (including phenoxy) is 1. The van der Waals surface area contributed by atoms with Crippen molar-refractivity contribution in [3.05, 3.63) is 33.8 Å². The van der Waals surface area contributed by atoms with Crippen LogP contribution in [0, 0.1) is 10.1 Å². The highest BCUT2D eigenvalue weighted by molar-refractivity contribution is 5.64. The molecule has 0 aromatic heterocycles. The Morgan fingerprint density at radius 2 is 2.43 bits per heavy atom. The lowest BCUT2D eigenvalue weighted by Crippen LogP contribution is -2.05. The summed E-state index contributed by atoms with van der Waals surface area (Å²) in [6.45, 7) is -0.0336. The SMILES string of the molecule is O=C(O)N=NC1=CC([N+](=O)[O-])=COC1. The fourth-order valence-corrected chi connectivity index (χ4v) is 0.719. The molecule has 1 heterocycles. The van der Waals surface area contributed by atoms with Gasteiger partial charge in [0.25, 0.3) is 0 Å². The predicted molar refractivity (Wildman–Crippen MR) is 42.0 cm³/mol. The van der Waals surface area contributed by atoms with Gasteiger partial charge in [-0.15, -0.1) is 5.11 Å². The van der Waals surface area contributed by atoms with E-state index in [2.05, 4.69) is 15.0 Å². The van der Waals surface area contributed by atoms with Gasteiger partial charge in [0, 0.05) is 6.08 Å². The molecule has 1 rings (SSSR count). The molecule has 0 radical (unpaired) electrons. The maximum atomic E-state index is 10.3. The van der Waals surface area contributed by atoms with Crippen LogP contribution in [0.5, 0.6) is 0 Å². The highest BCUT2D eigenvalue weighted by Crippen LogP contribution is 2.12. The molecule has 1 aliphatic heterocycles. The van der Waals surface area contributed by atoms with Crippen molar-refractivity contribution < 1.29 is 19.6 Å². The molecule has 0 aromatic carbocycles. The Morgan fingerprint density at radius 1 is 1.71 bits per heavy atom. The molecule has 8 nitrogen and oxygen atoms in total. The van der Waals surface area contributed by atoms with Gasteiger partial charge in [-0.05, 0) is 0 Å². The monoisotopic (exact) mass is 199 g/mol. The lowest BCUT2D eigenvalue weighted by atomic mass is 10.3. The molecule has 0 atom stereocenters. The summed E-state index contributed by atoms with van der Waals surface area (Å²) < 4.78 is 4.67. The standard InChI is InChI=1S/C6H5N3O5/c10-6(11)8-7-4-1-5(9(12)13)3-14-2-4/h1,3H,2H2,(H,10,11). The van der Waals surface area contributed by atoms with Crippen LogP contribution in [0.25, 0.3) is 0 Å². The first-order valence-electron chi connectivity index (χ1n) is 3.41. The zero-order chi connectivity index (χ0) is 10.6. The first kappa shape index (κ1) is 9.84. The molecule has 14 heavy (non-hydrogen) atoms. The largest absolute Gasteiger partial charge is 0.488 e. The van der Waals surface area contributed by atoms with Crippen LogP contribution in [-0.4, -0.2) is 22.7 Å². The Hall–Kier alpha value is -2.25. The molecule has 0 saturated carbocycles. The van der Waals surface area contributed by atoms with E-state index in [-0.39, 0.29) is 18.0 Å². The second-order valence-corrected chi connectivity index (χ2v) is 2.23. The summed E-state index contributed by atoms with van der Waals surface area (Å²) in [6.07, 6.45) is 0.582. The smallest absolute Gasteiger partial charge is 0.449 e. The van der Waals surface area contributed by atoms with E-state index >= 15 is 0 Å². The Labute approximate surface area is 77.3 Å². The van der Waals surface area contributed by atoms with Crippen LogP contribution in [0.15, 0.2) is 34.0 Å². The van der Waals surface area contributed by atoms with Crippen LogP contribution in [0.4, 0.5) is 4.79 Å². The number of rotatable bonds is 2. The first-order valence-corrected chi connectivity index (χ1v) is 3.41. The summed E-state index contributed by atoms with van der Waals surface area (Å²) in [5, 5.41) is 24.4. The lowest BCUT2D eigenvalue weighted by molar-refractivity contribution is -0.421. The fourth-order valence-electron chi connectivity index (χ4n) is 0.719. The highest BCUT2D eigenvalue weighted by atomic mass is 16.6. The lowest BCUT2D eigenvalue weighted by Gasteiger charge is -2.04. The number of hydrogen-bond acceptors (Lipinski definition) is 5. The molecule has 8 heteroatoms. The summed E-state index contributed by atoms with van der Waals surface area (Å²) in [5.74, 6) is 0. The normalized spacial score (nSPS) is 15.7. The van der Waals surface area contributed by atoms with Crippen molar-refractivity contribution in [1.82, 2.24) is 0 Å². The van der Waals surface area contributed by atoms with Gasteiger partial charge < -0.3 is 9.84 Å². The molecule has 0 fully saturated rings. The van der Waals surface area contributed by atoms with Gasteiger partial charge in [-0.3, -0.25) is 10.1 Å². The third-order valence-corrected chi connectivity index (χ3v) is 1.22. The van der Waals surface area contributed by atoms with Crippen LogP contribution in [-0.2, 0) is 4.74 Å². The zero-order valence-electron chi connectivity index (χ0n) is 6.78. The predicted octanol–water partition coefficient (Wildman–Crippen LogP) is 1.15. The van der Waals surface area contributed by atoms with Gasteiger partial charge in [0.05, 0.1) is 4.92 Å². The van der Waals surface area contributed by atoms with Gasteiger partial charge in [0.15, 0.2) is 6.26 Å². The van der Waals surface area contributed by atoms with E-state index in [0.29, 0.717) is 0 Å². The molecule has 0 aliphatic carbocycles. The van der Waals surface area contributed by atoms with Crippen molar-refractivity contribution in [1.29, 1.82) is 0 Å². The quantitative estimate of drug-likeness (QED) is 0.407. The first-order chi connectivity index (χ1) is 6.59. The van der Waals surface area contributed by atoms with E-state index in [1.54, 1.807) is 0 Å². The fraction of sp³-hybridized carbons (Fsp3) is 0.167. The molecular formula is C6H5N3O5. The van der Waals surface area contributed by atoms with Crippen LogP contribution in [0.3, 0.4) is 0 Å². The number of allylic oxidation sites excluding steroid dienone is 1. The van der Waals surface area contributed by atoms with Gasteiger partial charge >= 0.3 is 11.8 Å². The van der Waals surface area contributed by atoms with Crippen molar-refractivity contribution in [2.45, 2.75) is 0 Å². The third kappa shape index (κ3) is 2.66. The Kier molecular flexibility index (Phi) is 2.89. The number of nitro groups is 1.